The van der Waals surface area contributed by atoms with Crippen LogP contribution in [0.5, 0.6) is 0 Å². The molecular formula is C11H19ClN4. The van der Waals surface area contributed by atoms with Crippen LogP contribution in [0.4, 0.5) is 5.82 Å². The zero-order valence-electron chi connectivity index (χ0n) is 10.4. The lowest BCUT2D eigenvalue weighted by atomic mass is 10.4. The summed E-state index contributed by atoms with van der Waals surface area (Å²) in [5.41, 5.74) is 0. The molecule has 1 heterocycles. The standard InChI is InChI=1S/C11H19ClN4/c1-5-10-13-9(12)8-11(14-10)16(4)7-6-15(2)3/h8H,5-7H2,1-4H3. The van der Waals surface area contributed by atoms with E-state index < -0.39 is 0 Å². The van der Waals surface area contributed by atoms with Crippen LogP contribution in [0.25, 0.3) is 0 Å². The number of hydrogen-bond acceptors (Lipinski definition) is 4. The van der Waals surface area contributed by atoms with Crippen LogP contribution in [0.3, 0.4) is 0 Å². The van der Waals surface area contributed by atoms with Crippen molar-refractivity contribution in [3.63, 3.8) is 0 Å². The first kappa shape index (κ1) is 13.2. The molecule has 0 radical (unpaired) electrons. The zero-order valence-corrected chi connectivity index (χ0v) is 11.1. The molecule has 0 aliphatic heterocycles. The Hall–Kier alpha value is -0.870. The molecule has 1 rings (SSSR count). The van der Waals surface area contributed by atoms with Gasteiger partial charge in [-0.15, -0.1) is 0 Å². The third kappa shape index (κ3) is 3.94. The molecule has 0 aliphatic carbocycles. The van der Waals surface area contributed by atoms with Gasteiger partial charge in [0.1, 0.15) is 16.8 Å². The minimum atomic E-state index is 0.513. The predicted octanol–water partition coefficient (Wildman–Crippen LogP) is 1.69. The Kier molecular flexibility index (Phi) is 4.96. The number of likely N-dealkylation sites (N-methyl/N-ethyl adjacent to an activating group) is 2. The van der Waals surface area contributed by atoms with Gasteiger partial charge < -0.3 is 9.80 Å². The Morgan fingerprint density at radius 1 is 1.19 bits per heavy atom. The molecule has 0 unspecified atom stereocenters. The van der Waals surface area contributed by atoms with Crippen LogP contribution in [0.15, 0.2) is 6.07 Å². The Morgan fingerprint density at radius 2 is 1.88 bits per heavy atom. The predicted molar refractivity (Wildman–Crippen MR) is 68.2 cm³/mol. The van der Waals surface area contributed by atoms with Gasteiger partial charge in [0.15, 0.2) is 0 Å². The number of aromatic nitrogens is 2. The summed E-state index contributed by atoms with van der Waals surface area (Å²) in [6, 6.07) is 1.80. The molecule has 5 heteroatoms. The maximum atomic E-state index is 5.95. The summed E-state index contributed by atoms with van der Waals surface area (Å²) >= 11 is 5.95. The van der Waals surface area contributed by atoms with Crippen molar-refractivity contribution in [3.05, 3.63) is 17.0 Å². The summed E-state index contributed by atoms with van der Waals surface area (Å²) in [5.74, 6) is 1.68. The van der Waals surface area contributed by atoms with E-state index >= 15 is 0 Å². The second kappa shape index (κ2) is 6.01. The van der Waals surface area contributed by atoms with Gasteiger partial charge in [0.25, 0.3) is 0 Å². The van der Waals surface area contributed by atoms with Gasteiger partial charge in [0, 0.05) is 32.6 Å². The van der Waals surface area contributed by atoms with E-state index in [1.54, 1.807) is 6.07 Å². The Balaban J connectivity index is 2.74. The van der Waals surface area contributed by atoms with E-state index in [4.69, 9.17) is 11.6 Å². The van der Waals surface area contributed by atoms with Crippen LogP contribution >= 0.6 is 11.6 Å². The van der Waals surface area contributed by atoms with E-state index in [0.717, 1.165) is 31.2 Å². The number of nitrogens with zero attached hydrogens (tertiary/aromatic N) is 4. The van der Waals surface area contributed by atoms with Gasteiger partial charge in [-0.2, -0.15) is 0 Å². The third-order valence-electron chi connectivity index (χ3n) is 2.32. The third-order valence-corrected chi connectivity index (χ3v) is 2.51. The first-order valence-electron chi connectivity index (χ1n) is 5.42. The summed E-state index contributed by atoms with van der Waals surface area (Å²) in [4.78, 5) is 12.8. The van der Waals surface area contributed by atoms with Crippen LogP contribution in [0, 0.1) is 0 Å². The summed E-state index contributed by atoms with van der Waals surface area (Å²) in [7, 11) is 6.12. The van der Waals surface area contributed by atoms with Gasteiger partial charge in [-0.3, -0.25) is 0 Å². The average Bonchev–Trinajstić information content (AvgIpc) is 2.24. The Labute approximate surface area is 102 Å². The maximum absolute atomic E-state index is 5.95. The monoisotopic (exact) mass is 242 g/mol. The molecule has 0 saturated heterocycles. The van der Waals surface area contributed by atoms with Gasteiger partial charge in [-0.25, -0.2) is 9.97 Å². The van der Waals surface area contributed by atoms with Crippen molar-refractivity contribution in [3.8, 4) is 0 Å². The number of hydrogen-bond donors (Lipinski definition) is 0. The van der Waals surface area contributed by atoms with Crippen molar-refractivity contribution < 1.29 is 0 Å². The number of halogens is 1. The minimum absolute atomic E-state index is 0.513. The topological polar surface area (TPSA) is 32.3 Å². The van der Waals surface area contributed by atoms with Crippen LogP contribution in [0.1, 0.15) is 12.7 Å². The Bertz CT molecular complexity index is 341. The lowest BCUT2D eigenvalue weighted by Crippen LogP contribution is -2.29. The fourth-order valence-corrected chi connectivity index (χ4v) is 1.46. The molecule has 0 aromatic carbocycles. The highest BCUT2D eigenvalue weighted by atomic mass is 35.5. The van der Waals surface area contributed by atoms with Crippen LogP contribution in [-0.2, 0) is 6.42 Å². The van der Waals surface area contributed by atoms with Crippen molar-refractivity contribution in [1.29, 1.82) is 0 Å². The van der Waals surface area contributed by atoms with Gasteiger partial charge >= 0.3 is 0 Å². The molecule has 1 aromatic heterocycles. The SMILES string of the molecule is CCc1nc(Cl)cc(N(C)CCN(C)C)n1. The molecule has 1 aromatic rings. The summed E-state index contributed by atoms with van der Waals surface area (Å²) in [5, 5.41) is 0.513. The van der Waals surface area contributed by atoms with Crippen LogP contribution < -0.4 is 4.90 Å². The van der Waals surface area contributed by atoms with Crippen molar-refractivity contribution in [1.82, 2.24) is 14.9 Å². The van der Waals surface area contributed by atoms with Gasteiger partial charge in [-0.1, -0.05) is 18.5 Å². The zero-order chi connectivity index (χ0) is 12.1. The summed E-state index contributed by atoms with van der Waals surface area (Å²) in [6.45, 7) is 3.93. The molecule has 0 bridgehead atoms. The van der Waals surface area contributed by atoms with Crippen molar-refractivity contribution in [2.45, 2.75) is 13.3 Å². The van der Waals surface area contributed by atoms with E-state index in [0.29, 0.717) is 5.15 Å². The fraction of sp³-hybridized carbons (Fsp3) is 0.636. The van der Waals surface area contributed by atoms with Crippen molar-refractivity contribution in [2.75, 3.05) is 39.1 Å². The second-order valence-electron chi connectivity index (χ2n) is 4.04. The van der Waals surface area contributed by atoms with Gasteiger partial charge in [0.05, 0.1) is 0 Å². The van der Waals surface area contributed by atoms with Crippen molar-refractivity contribution in [2.24, 2.45) is 0 Å². The highest BCUT2D eigenvalue weighted by molar-refractivity contribution is 6.29. The minimum Gasteiger partial charge on any atom is -0.358 e. The molecule has 0 N–H and O–H groups in total. The lowest BCUT2D eigenvalue weighted by molar-refractivity contribution is 0.416. The molecule has 0 atom stereocenters. The largest absolute Gasteiger partial charge is 0.358 e. The average molecular weight is 243 g/mol. The highest BCUT2D eigenvalue weighted by Gasteiger charge is 2.06. The van der Waals surface area contributed by atoms with E-state index in [2.05, 4.69) is 33.9 Å². The smallest absolute Gasteiger partial charge is 0.134 e. The van der Waals surface area contributed by atoms with Crippen LogP contribution in [-0.4, -0.2) is 49.1 Å². The molecule has 90 valence electrons. The van der Waals surface area contributed by atoms with E-state index in [1.807, 2.05) is 14.0 Å². The van der Waals surface area contributed by atoms with Crippen LogP contribution in [0.2, 0.25) is 5.15 Å². The molecule has 0 saturated carbocycles. The summed E-state index contributed by atoms with van der Waals surface area (Å²) in [6.07, 6.45) is 0.801. The van der Waals surface area contributed by atoms with Crippen molar-refractivity contribution >= 4 is 17.4 Å². The van der Waals surface area contributed by atoms with E-state index in [1.165, 1.54) is 0 Å². The first-order chi connectivity index (χ1) is 7.52. The van der Waals surface area contributed by atoms with E-state index in [-0.39, 0.29) is 0 Å². The van der Waals surface area contributed by atoms with Gasteiger partial charge in [0.2, 0.25) is 0 Å². The molecule has 0 aliphatic rings. The first-order valence-corrected chi connectivity index (χ1v) is 5.80. The Morgan fingerprint density at radius 3 is 2.44 bits per heavy atom. The van der Waals surface area contributed by atoms with E-state index in [9.17, 15) is 0 Å². The fourth-order valence-electron chi connectivity index (χ4n) is 1.27. The second-order valence-corrected chi connectivity index (χ2v) is 4.43. The number of anilines is 1. The number of rotatable bonds is 5. The molecule has 4 nitrogen and oxygen atoms in total. The van der Waals surface area contributed by atoms with Gasteiger partial charge in [-0.05, 0) is 14.1 Å². The molecule has 0 amide bonds. The molecule has 0 spiro atoms. The molecule has 0 fully saturated rings. The maximum Gasteiger partial charge on any atom is 0.134 e. The lowest BCUT2D eigenvalue weighted by Gasteiger charge is -2.20. The molecular weight excluding hydrogens is 224 g/mol. The quantitative estimate of drug-likeness (QED) is 0.736. The molecule has 16 heavy (non-hydrogen) atoms. The number of aryl methyl sites for hydroxylation is 1. The normalized spacial score (nSPS) is 10.9. The highest BCUT2D eigenvalue weighted by Crippen LogP contribution is 2.14. The summed E-state index contributed by atoms with van der Waals surface area (Å²) < 4.78 is 0.